The Morgan fingerprint density at radius 3 is 3.12 bits per heavy atom. The Balaban J connectivity index is 1.93. The Labute approximate surface area is 93.6 Å². The third-order valence-electron chi connectivity index (χ3n) is 2.30. The maximum atomic E-state index is 5.25. The first-order chi connectivity index (χ1) is 7.79. The number of anilines is 1. The van der Waals surface area contributed by atoms with Gasteiger partial charge in [-0.3, -0.25) is 5.10 Å². The van der Waals surface area contributed by atoms with E-state index >= 15 is 0 Å². The van der Waals surface area contributed by atoms with Crippen molar-refractivity contribution in [2.24, 2.45) is 0 Å². The number of H-pyrrole nitrogens is 1. The van der Waals surface area contributed by atoms with Crippen molar-refractivity contribution in [1.82, 2.24) is 15.2 Å². The van der Waals surface area contributed by atoms with Gasteiger partial charge in [0.15, 0.2) is 5.82 Å². The van der Waals surface area contributed by atoms with E-state index in [-0.39, 0.29) is 0 Å². The standard InChI is InChI=1S/C11H14N4O/c1-8(5-6-9-4-3-7-16-9)10-13-11(12-2)15-14-10/h3-4,7H,1,5-6H2,2H3,(H2,12,13,14,15). The summed E-state index contributed by atoms with van der Waals surface area (Å²) in [6.07, 6.45) is 3.29. The Bertz CT molecular complexity index is 458. The minimum Gasteiger partial charge on any atom is -0.469 e. The third kappa shape index (κ3) is 2.31. The van der Waals surface area contributed by atoms with Gasteiger partial charge in [0.1, 0.15) is 5.76 Å². The van der Waals surface area contributed by atoms with Gasteiger partial charge in [0.05, 0.1) is 6.26 Å². The molecule has 0 saturated carbocycles. The van der Waals surface area contributed by atoms with E-state index in [0.717, 1.165) is 30.0 Å². The number of hydrogen-bond donors (Lipinski definition) is 2. The zero-order valence-electron chi connectivity index (χ0n) is 9.16. The third-order valence-corrected chi connectivity index (χ3v) is 2.30. The van der Waals surface area contributed by atoms with Gasteiger partial charge in [-0.2, -0.15) is 4.98 Å². The second kappa shape index (κ2) is 4.65. The molecule has 2 rings (SSSR count). The van der Waals surface area contributed by atoms with Gasteiger partial charge in [-0.25, -0.2) is 0 Å². The van der Waals surface area contributed by atoms with Gasteiger partial charge in [0.2, 0.25) is 5.95 Å². The molecule has 0 saturated heterocycles. The van der Waals surface area contributed by atoms with Crippen LogP contribution in [0.3, 0.4) is 0 Å². The molecule has 5 heteroatoms. The summed E-state index contributed by atoms with van der Waals surface area (Å²) in [6, 6.07) is 3.83. The first-order valence-corrected chi connectivity index (χ1v) is 5.10. The van der Waals surface area contributed by atoms with Crippen LogP contribution in [-0.2, 0) is 6.42 Å². The quantitative estimate of drug-likeness (QED) is 0.806. The molecule has 0 atom stereocenters. The monoisotopic (exact) mass is 218 g/mol. The van der Waals surface area contributed by atoms with Crippen molar-refractivity contribution in [3.05, 3.63) is 36.6 Å². The van der Waals surface area contributed by atoms with E-state index in [2.05, 4.69) is 27.1 Å². The van der Waals surface area contributed by atoms with E-state index in [1.807, 2.05) is 12.1 Å². The minimum absolute atomic E-state index is 0.578. The highest BCUT2D eigenvalue weighted by molar-refractivity contribution is 5.57. The second-order valence-electron chi connectivity index (χ2n) is 3.44. The molecule has 2 N–H and O–H groups in total. The van der Waals surface area contributed by atoms with Crippen LogP contribution in [0.1, 0.15) is 18.0 Å². The number of furan rings is 1. The first-order valence-electron chi connectivity index (χ1n) is 5.10. The molecule has 84 valence electrons. The SMILES string of the molecule is C=C(CCc1ccco1)c1nc(NC)n[nH]1. The summed E-state index contributed by atoms with van der Waals surface area (Å²) in [5.74, 6) is 2.25. The highest BCUT2D eigenvalue weighted by Crippen LogP contribution is 2.16. The maximum absolute atomic E-state index is 5.25. The lowest BCUT2D eigenvalue weighted by molar-refractivity contribution is 0.511. The van der Waals surface area contributed by atoms with Crippen LogP contribution in [-0.4, -0.2) is 22.2 Å². The van der Waals surface area contributed by atoms with Crippen molar-refractivity contribution in [2.45, 2.75) is 12.8 Å². The van der Waals surface area contributed by atoms with E-state index < -0.39 is 0 Å². The molecule has 0 bridgehead atoms. The number of aryl methyl sites for hydroxylation is 1. The average molecular weight is 218 g/mol. The van der Waals surface area contributed by atoms with Crippen molar-refractivity contribution in [2.75, 3.05) is 12.4 Å². The van der Waals surface area contributed by atoms with Gasteiger partial charge in [0.25, 0.3) is 0 Å². The van der Waals surface area contributed by atoms with Crippen molar-refractivity contribution in [3.63, 3.8) is 0 Å². The molecule has 0 unspecified atom stereocenters. The Morgan fingerprint density at radius 1 is 1.62 bits per heavy atom. The predicted octanol–water partition coefficient (Wildman–Crippen LogP) is 2.09. The topological polar surface area (TPSA) is 66.7 Å². The van der Waals surface area contributed by atoms with Gasteiger partial charge in [-0.1, -0.05) is 6.58 Å². The molecule has 0 amide bonds. The fourth-order valence-electron chi connectivity index (χ4n) is 1.38. The highest BCUT2D eigenvalue weighted by atomic mass is 16.3. The summed E-state index contributed by atoms with van der Waals surface area (Å²) in [5.41, 5.74) is 0.922. The minimum atomic E-state index is 0.578. The number of nitrogens with one attached hydrogen (secondary N) is 2. The van der Waals surface area contributed by atoms with E-state index in [9.17, 15) is 0 Å². The van der Waals surface area contributed by atoms with Crippen molar-refractivity contribution >= 4 is 11.5 Å². The Kier molecular flexibility index (Phi) is 3.05. The second-order valence-corrected chi connectivity index (χ2v) is 3.44. The maximum Gasteiger partial charge on any atom is 0.242 e. The molecule has 0 aromatic carbocycles. The van der Waals surface area contributed by atoms with Crippen LogP contribution in [0.15, 0.2) is 29.4 Å². The number of allylic oxidation sites excluding steroid dienone is 1. The van der Waals surface area contributed by atoms with Crippen LogP contribution in [0.2, 0.25) is 0 Å². The Morgan fingerprint density at radius 2 is 2.50 bits per heavy atom. The van der Waals surface area contributed by atoms with E-state index in [0.29, 0.717) is 5.95 Å². The van der Waals surface area contributed by atoms with Crippen molar-refractivity contribution in [1.29, 1.82) is 0 Å². The molecule has 0 aliphatic carbocycles. The predicted molar refractivity (Wildman–Crippen MR) is 62.0 cm³/mol. The van der Waals surface area contributed by atoms with Gasteiger partial charge >= 0.3 is 0 Å². The van der Waals surface area contributed by atoms with E-state index in [4.69, 9.17) is 4.42 Å². The summed E-state index contributed by atoms with van der Waals surface area (Å²) in [4.78, 5) is 4.22. The molecule has 0 fully saturated rings. The summed E-state index contributed by atoms with van der Waals surface area (Å²) in [5, 5.41) is 9.66. The molecule has 2 aromatic heterocycles. The van der Waals surface area contributed by atoms with Gasteiger partial charge < -0.3 is 9.73 Å². The fourth-order valence-corrected chi connectivity index (χ4v) is 1.38. The van der Waals surface area contributed by atoms with Gasteiger partial charge in [-0.15, -0.1) is 5.10 Å². The largest absolute Gasteiger partial charge is 0.469 e. The number of nitrogens with zero attached hydrogens (tertiary/aromatic N) is 2. The van der Waals surface area contributed by atoms with Crippen LogP contribution < -0.4 is 5.32 Å². The summed E-state index contributed by atoms with van der Waals surface area (Å²) >= 11 is 0. The molecule has 0 spiro atoms. The molecule has 2 aromatic rings. The zero-order valence-corrected chi connectivity index (χ0v) is 9.16. The number of aromatic amines is 1. The normalized spacial score (nSPS) is 10.3. The summed E-state index contributed by atoms with van der Waals surface area (Å²) < 4.78 is 5.25. The molecule has 0 aliphatic heterocycles. The molecule has 0 radical (unpaired) electrons. The zero-order chi connectivity index (χ0) is 11.4. The van der Waals surface area contributed by atoms with Crippen LogP contribution in [0.4, 0.5) is 5.95 Å². The van der Waals surface area contributed by atoms with Crippen molar-refractivity contribution in [3.8, 4) is 0 Å². The number of hydrogen-bond acceptors (Lipinski definition) is 4. The molecule has 0 aliphatic rings. The number of aromatic nitrogens is 3. The lowest BCUT2D eigenvalue weighted by Crippen LogP contribution is -1.91. The summed E-state index contributed by atoms with van der Waals surface area (Å²) in [7, 11) is 1.78. The number of rotatable bonds is 5. The van der Waals surface area contributed by atoms with Crippen LogP contribution in [0.25, 0.3) is 5.57 Å². The molecule has 16 heavy (non-hydrogen) atoms. The van der Waals surface area contributed by atoms with Crippen LogP contribution in [0.5, 0.6) is 0 Å². The lowest BCUT2D eigenvalue weighted by Gasteiger charge is -1.99. The van der Waals surface area contributed by atoms with Crippen LogP contribution >= 0.6 is 0 Å². The summed E-state index contributed by atoms with van der Waals surface area (Å²) in [6.45, 7) is 3.97. The molecule has 2 heterocycles. The smallest absolute Gasteiger partial charge is 0.242 e. The van der Waals surface area contributed by atoms with Gasteiger partial charge in [-0.05, 0) is 24.1 Å². The lowest BCUT2D eigenvalue weighted by atomic mass is 10.1. The van der Waals surface area contributed by atoms with E-state index in [1.165, 1.54) is 0 Å². The first kappa shape index (κ1) is 10.5. The van der Waals surface area contributed by atoms with Crippen LogP contribution in [0, 0.1) is 0 Å². The molecular weight excluding hydrogens is 204 g/mol. The van der Waals surface area contributed by atoms with Gasteiger partial charge in [0, 0.05) is 13.5 Å². The van der Waals surface area contributed by atoms with E-state index in [1.54, 1.807) is 13.3 Å². The highest BCUT2D eigenvalue weighted by Gasteiger charge is 2.06. The Hall–Kier alpha value is -2.04. The molecule has 5 nitrogen and oxygen atoms in total. The van der Waals surface area contributed by atoms with Crippen molar-refractivity contribution < 1.29 is 4.42 Å². The fraction of sp³-hybridized carbons (Fsp3) is 0.273. The average Bonchev–Trinajstić information content (AvgIpc) is 2.96. The molecular formula is C11H14N4O.